The van der Waals surface area contributed by atoms with E-state index in [0.717, 1.165) is 51.5 Å². The van der Waals surface area contributed by atoms with Gasteiger partial charge in [0.15, 0.2) is 0 Å². The molecule has 0 bridgehead atoms. The topological polar surface area (TPSA) is 76.4 Å². The van der Waals surface area contributed by atoms with Gasteiger partial charge >= 0.3 is 0 Å². The Morgan fingerprint density at radius 3 is 2.61 bits per heavy atom. The van der Waals surface area contributed by atoms with Crippen molar-refractivity contribution in [2.75, 3.05) is 13.1 Å². The average molecular weight is 342 g/mol. The summed E-state index contributed by atoms with van der Waals surface area (Å²) in [5.41, 5.74) is -0.439. The highest BCUT2D eigenvalue weighted by Crippen LogP contribution is 2.49. The van der Waals surface area contributed by atoms with Crippen LogP contribution in [0.15, 0.2) is 0 Å². The van der Waals surface area contributed by atoms with Crippen LogP contribution in [0.4, 0.5) is 0 Å². The number of fused-ring (bicyclic) bond motifs is 1. The Morgan fingerprint density at radius 1 is 1.39 bits per heavy atom. The van der Waals surface area contributed by atoms with Crippen LogP contribution in [-0.4, -0.2) is 46.7 Å². The van der Waals surface area contributed by atoms with E-state index in [1.807, 2.05) is 0 Å². The standard InChI is InChI=1S/C17H27N3O2.ClH/c1-2-17(22)8-12-6-14(7-13(12)9-17)19-11-16(21)20-5-3-4-15(20)10-18;/h12-15,19,22H,2-9,11H2,1H3;1H. The molecule has 130 valence electrons. The van der Waals surface area contributed by atoms with Crippen molar-refractivity contribution >= 4 is 18.3 Å². The van der Waals surface area contributed by atoms with Gasteiger partial charge in [-0.3, -0.25) is 4.79 Å². The quantitative estimate of drug-likeness (QED) is 0.818. The van der Waals surface area contributed by atoms with Gasteiger partial charge in [-0.05, 0) is 56.8 Å². The lowest BCUT2D eigenvalue weighted by Gasteiger charge is -2.24. The SMILES string of the molecule is CCC1(O)CC2CC(NCC(=O)N3CCCC3C#N)CC2C1.Cl. The van der Waals surface area contributed by atoms with E-state index in [0.29, 0.717) is 24.4 Å². The van der Waals surface area contributed by atoms with Gasteiger partial charge in [-0.2, -0.15) is 5.26 Å². The molecule has 2 aliphatic carbocycles. The van der Waals surface area contributed by atoms with Gasteiger partial charge in [0, 0.05) is 12.6 Å². The van der Waals surface area contributed by atoms with E-state index in [9.17, 15) is 9.90 Å². The molecule has 5 nitrogen and oxygen atoms in total. The van der Waals surface area contributed by atoms with Crippen molar-refractivity contribution in [1.82, 2.24) is 10.2 Å². The van der Waals surface area contributed by atoms with Crippen molar-refractivity contribution in [1.29, 1.82) is 5.26 Å². The second kappa shape index (κ2) is 7.38. The Labute approximate surface area is 144 Å². The van der Waals surface area contributed by atoms with E-state index in [4.69, 9.17) is 5.26 Å². The number of amides is 1. The maximum atomic E-state index is 12.2. The fraction of sp³-hybridized carbons (Fsp3) is 0.882. The first-order chi connectivity index (χ1) is 10.5. The number of halogens is 1. The summed E-state index contributed by atoms with van der Waals surface area (Å²) < 4.78 is 0. The van der Waals surface area contributed by atoms with Gasteiger partial charge < -0.3 is 15.3 Å². The van der Waals surface area contributed by atoms with Crippen LogP contribution in [0.25, 0.3) is 0 Å². The number of hydrogen-bond donors (Lipinski definition) is 2. The number of aliphatic hydroxyl groups is 1. The number of nitrogens with zero attached hydrogens (tertiary/aromatic N) is 2. The molecule has 3 rings (SSSR count). The summed E-state index contributed by atoms with van der Waals surface area (Å²) in [5, 5.41) is 22.9. The third-order valence-corrected chi connectivity index (χ3v) is 6.05. The molecule has 0 aromatic rings. The molecule has 1 saturated heterocycles. The van der Waals surface area contributed by atoms with Crippen LogP contribution in [0.2, 0.25) is 0 Å². The smallest absolute Gasteiger partial charge is 0.237 e. The largest absolute Gasteiger partial charge is 0.390 e. The fourth-order valence-corrected chi connectivity index (χ4v) is 4.76. The number of nitriles is 1. The first kappa shape index (κ1) is 18.5. The van der Waals surface area contributed by atoms with Gasteiger partial charge in [-0.1, -0.05) is 6.92 Å². The lowest BCUT2D eigenvalue weighted by molar-refractivity contribution is -0.130. The Morgan fingerprint density at radius 2 is 2.04 bits per heavy atom. The second-order valence-corrected chi connectivity index (χ2v) is 7.43. The van der Waals surface area contributed by atoms with Crippen LogP contribution in [0.3, 0.4) is 0 Å². The number of carbonyl (C=O) groups excluding carboxylic acids is 1. The molecule has 23 heavy (non-hydrogen) atoms. The molecule has 3 aliphatic rings. The highest BCUT2D eigenvalue weighted by Gasteiger charge is 2.47. The van der Waals surface area contributed by atoms with Gasteiger partial charge in [0.2, 0.25) is 5.91 Å². The highest BCUT2D eigenvalue weighted by molar-refractivity contribution is 5.85. The summed E-state index contributed by atoms with van der Waals surface area (Å²) in [6, 6.07) is 2.39. The van der Waals surface area contributed by atoms with Crippen LogP contribution in [0.1, 0.15) is 51.9 Å². The van der Waals surface area contributed by atoms with Crippen molar-refractivity contribution in [3.63, 3.8) is 0 Å². The summed E-state index contributed by atoms with van der Waals surface area (Å²) in [6.45, 7) is 3.13. The number of rotatable bonds is 4. The number of nitrogens with one attached hydrogen (secondary N) is 1. The van der Waals surface area contributed by atoms with Gasteiger partial charge in [0.1, 0.15) is 6.04 Å². The maximum absolute atomic E-state index is 12.2. The minimum atomic E-state index is -0.439. The first-order valence-corrected chi connectivity index (χ1v) is 8.69. The molecule has 1 heterocycles. The highest BCUT2D eigenvalue weighted by atomic mass is 35.5. The van der Waals surface area contributed by atoms with E-state index in [2.05, 4.69) is 18.3 Å². The van der Waals surface area contributed by atoms with Crippen LogP contribution in [-0.2, 0) is 4.79 Å². The summed E-state index contributed by atoms with van der Waals surface area (Å²) in [6.07, 6.45) is 6.58. The molecule has 0 radical (unpaired) electrons. The monoisotopic (exact) mass is 341 g/mol. The number of likely N-dealkylation sites (tertiary alicyclic amines) is 1. The van der Waals surface area contributed by atoms with Crippen molar-refractivity contribution in [2.45, 2.75) is 69.6 Å². The van der Waals surface area contributed by atoms with Crippen molar-refractivity contribution in [3.05, 3.63) is 0 Å². The van der Waals surface area contributed by atoms with E-state index in [1.54, 1.807) is 4.90 Å². The predicted octanol–water partition coefficient (Wildman–Crippen LogP) is 1.84. The van der Waals surface area contributed by atoms with E-state index < -0.39 is 5.60 Å². The molecule has 1 aliphatic heterocycles. The maximum Gasteiger partial charge on any atom is 0.237 e. The summed E-state index contributed by atoms with van der Waals surface area (Å²) in [7, 11) is 0. The van der Waals surface area contributed by atoms with Gasteiger partial charge in [0.05, 0.1) is 18.2 Å². The zero-order valence-corrected chi connectivity index (χ0v) is 14.6. The zero-order chi connectivity index (χ0) is 15.7. The summed E-state index contributed by atoms with van der Waals surface area (Å²) in [4.78, 5) is 14.0. The molecule has 3 unspecified atom stereocenters. The van der Waals surface area contributed by atoms with Crippen LogP contribution in [0.5, 0.6) is 0 Å². The lowest BCUT2D eigenvalue weighted by atomic mass is 9.94. The van der Waals surface area contributed by atoms with Gasteiger partial charge in [0.25, 0.3) is 0 Å². The number of hydrogen-bond acceptors (Lipinski definition) is 4. The summed E-state index contributed by atoms with van der Waals surface area (Å²) >= 11 is 0. The lowest BCUT2D eigenvalue weighted by Crippen LogP contribution is -2.43. The normalized spacial score (nSPS) is 38.9. The molecular formula is C17H28ClN3O2. The third-order valence-electron chi connectivity index (χ3n) is 6.05. The molecule has 2 saturated carbocycles. The Bertz CT molecular complexity index is 465. The molecule has 3 atom stereocenters. The van der Waals surface area contributed by atoms with E-state index in [1.165, 1.54) is 0 Å². The minimum absolute atomic E-state index is 0. The molecule has 2 N–H and O–H groups in total. The fourth-order valence-electron chi connectivity index (χ4n) is 4.76. The van der Waals surface area contributed by atoms with Gasteiger partial charge in [-0.15, -0.1) is 12.4 Å². The van der Waals surface area contributed by atoms with Crippen molar-refractivity contribution in [2.24, 2.45) is 11.8 Å². The summed E-state index contributed by atoms with van der Waals surface area (Å²) in [5.74, 6) is 1.28. The minimum Gasteiger partial charge on any atom is -0.390 e. The van der Waals surface area contributed by atoms with Crippen LogP contribution < -0.4 is 5.32 Å². The van der Waals surface area contributed by atoms with Crippen molar-refractivity contribution < 1.29 is 9.90 Å². The first-order valence-electron chi connectivity index (χ1n) is 8.69. The van der Waals surface area contributed by atoms with E-state index in [-0.39, 0.29) is 24.4 Å². The van der Waals surface area contributed by atoms with Crippen LogP contribution in [0, 0.1) is 23.2 Å². The molecule has 6 heteroatoms. The van der Waals surface area contributed by atoms with E-state index >= 15 is 0 Å². The molecule has 0 spiro atoms. The average Bonchev–Trinajstić information content (AvgIpc) is 3.17. The number of carbonyl (C=O) groups is 1. The Hall–Kier alpha value is -0.830. The predicted molar refractivity (Wildman–Crippen MR) is 90.1 cm³/mol. The molecular weight excluding hydrogens is 314 g/mol. The Kier molecular flexibility index (Phi) is 5.94. The van der Waals surface area contributed by atoms with Crippen LogP contribution >= 0.6 is 12.4 Å². The molecule has 0 aromatic carbocycles. The molecule has 0 aromatic heterocycles. The van der Waals surface area contributed by atoms with Crippen molar-refractivity contribution in [3.8, 4) is 6.07 Å². The zero-order valence-electron chi connectivity index (χ0n) is 13.8. The molecule has 1 amide bonds. The van der Waals surface area contributed by atoms with Gasteiger partial charge in [-0.25, -0.2) is 0 Å². The third kappa shape index (κ3) is 3.81. The Balaban J connectivity index is 0.00000192. The molecule has 3 fully saturated rings. The second-order valence-electron chi connectivity index (χ2n) is 7.43.